The molecule has 0 unspecified atom stereocenters. The molecule has 156 valence electrons. The molecule has 0 atom stereocenters. The third-order valence-corrected chi connectivity index (χ3v) is 7.30. The highest BCUT2D eigenvalue weighted by Gasteiger charge is 2.26. The first-order chi connectivity index (χ1) is 13.8. The molecule has 0 spiro atoms. The van der Waals surface area contributed by atoms with Crippen LogP contribution in [-0.2, 0) is 21.3 Å². The van der Waals surface area contributed by atoms with Gasteiger partial charge in [0, 0.05) is 31.6 Å². The Balaban J connectivity index is 1.89. The number of halogens is 1. The second-order valence-corrected chi connectivity index (χ2v) is 9.55. The molecule has 1 heterocycles. The molecule has 0 saturated carbocycles. The van der Waals surface area contributed by atoms with Gasteiger partial charge in [-0.25, -0.2) is 12.8 Å². The largest absolute Gasteiger partial charge is 0.378 e. The number of hydrogen-bond donors (Lipinski definition) is 0. The van der Waals surface area contributed by atoms with E-state index in [0.29, 0.717) is 42.3 Å². The molecule has 29 heavy (non-hydrogen) atoms. The lowest BCUT2D eigenvalue weighted by Gasteiger charge is -2.27. The normalized spacial score (nSPS) is 15.0. The highest BCUT2D eigenvalue weighted by molar-refractivity contribution is 7.98. The van der Waals surface area contributed by atoms with Crippen LogP contribution < -0.4 is 0 Å². The quantitative estimate of drug-likeness (QED) is 0.649. The summed E-state index contributed by atoms with van der Waals surface area (Å²) in [6, 6.07) is 10.4. The van der Waals surface area contributed by atoms with Crippen LogP contribution in [0.1, 0.15) is 15.9 Å². The molecule has 0 aliphatic carbocycles. The number of benzene rings is 2. The Kier molecular flexibility index (Phi) is 6.94. The monoisotopic (exact) mass is 438 g/mol. The number of carbonyl (C=O) groups excluding carboxylic acids is 1. The lowest BCUT2D eigenvalue weighted by Crippen LogP contribution is -2.41. The molecule has 1 saturated heterocycles. The number of ether oxygens (including phenoxy) is 1. The van der Waals surface area contributed by atoms with Gasteiger partial charge in [-0.15, -0.1) is 11.8 Å². The first kappa shape index (κ1) is 21.8. The van der Waals surface area contributed by atoms with Crippen LogP contribution in [0, 0.1) is 5.82 Å². The van der Waals surface area contributed by atoms with Gasteiger partial charge in [0.15, 0.2) is 0 Å². The van der Waals surface area contributed by atoms with Gasteiger partial charge in [0.1, 0.15) is 5.82 Å². The average Bonchev–Trinajstić information content (AvgIpc) is 2.73. The van der Waals surface area contributed by atoms with Gasteiger partial charge in [-0.2, -0.15) is 4.31 Å². The van der Waals surface area contributed by atoms with Crippen LogP contribution in [0.15, 0.2) is 52.3 Å². The van der Waals surface area contributed by atoms with E-state index in [1.54, 1.807) is 17.0 Å². The molecule has 0 aromatic heterocycles. The first-order valence-electron chi connectivity index (χ1n) is 9.09. The van der Waals surface area contributed by atoms with Crippen molar-refractivity contribution >= 4 is 27.7 Å². The number of hydrogen-bond acceptors (Lipinski definition) is 5. The molecule has 1 amide bonds. The van der Waals surface area contributed by atoms with Gasteiger partial charge in [-0.1, -0.05) is 12.1 Å². The molecule has 1 fully saturated rings. The Morgan fingerprint density at radius 3 is 2.59 bits per heavy atom. The van der Waals surface area contributed by atoms with Gasteiger partial charge in [-0.05, 0) is 42.2 Å². The molecular formula is C20H23FN2O4S2. The zero-order chi connectivity index (χ0) is 21.0. The zero-order valence-electron chi connectivity index (χ0n) is 16.3. The molecule has 6 nitrogen and oxygen atoms in total. The Labute approximate surface area is 174 Å². The number of carbonyl (C=O) groups is 1. The zero-order valence-corrected chi connectivity index (χ0v) is 17.9. The number of morpholine rings is 1. The second kappa shape index (κ2) is 9.25. The lowest BCUT2D eigenvalue weighted by atomic mass is 10.2. The average molecular weight is 439 g/mol. The van der Waals surface area contributed by atoms with Crippen molar-refractivity contribution in [2.45, 2.75) is 16.3 Å². The third kappa shape index (κ3) is 4.98. The van der Waals surface area contributed by atoms with Crippen molar-refractivity contribution < 1.29 is 22.3 Å². The molecule has 9 heteroatoms. The summed E-state index contributed by atoms with van der Waals surface area (Å²) in [5.74, 6) is -0.626. The minimum Gasteiger partial charge on any atom is -0.378 e. The maximum absolute atomic E-state index is 13.4. The minimum atomic E-state index is -3.86. The van der Waals surface area contributed by atoms with Crippen molar-refractivity contribution in [2.75, 3.05) is 39.6 Å². The van der Waals surface area contributed by atoms with Crippen molar-refractivity contribution in [1.29, 1.82) is 0 Å². The molecule has 1 aliphatic rings. The maximum atomic E-state index is 13.4. The fourth-order valence-electron chi connectivity index (χ4n) is 3.11. The Morgan fingerprint density at radius 2 is 1.93 bits per heavy atom. The van der Waals surface area contributed by atoms with Crippen molar-refractivity contribution in [3.8, 4) is 0 Å². The molecule has 2 aromatic carbocycles. The molecule has 0 N–H and O–H groups in total. The van der Waals surface area contributed by atoms with Crippen LogP contribution in [0.4, 0.5) is 4.39 Å². The molecule has 3 rings (SSSR count). The van der Waals surface area contributed by atoms with Gasteiger partial charge >= 0.3 is 0 Å². The highest BCUT2D eigenvalue weighted by Crippen LogP contribution is 2.27. The third-order valence-electron chi connectivity index (χ3n) is 4.70. The van der Waals surface area contributed by atoms with Gasteiger partial charge in [0.05, 0.1) is 23.7 Å². The van der Waals surface area contributed by atoms with Gasteiger partial charge in [0.2, 0.25) is 10.0 Å². The minimum absolute atomic E-state index is 0.0249. The molecular weight excluding hydrogens is 415 g/mol. The lowest BCUT2D eigenvalue weighted by molar-refractivity contribution is 0.0300. The summed E-state index contributed by atoms with van der Waals surface area (Å²) in [6.07, 6.45) is 1.84. The number of amides is 1. The predicted molar refractivity (Wildman–Crippen MR) is 110 cm³/mol. The molecule has 0 bridgehead atoms. The van der Waals surface area contributed by atoms with Gasteiger partial charge in [0.25, 0.3) is 5.91 Å². The SMILES string of the molecule is CSc1ccc(S(=O)(=O)N(C)Cc2cccc(F)c2)cc1C(=O)N1CCOCC1. The Bertz CT molecular complexity index is 992. The van der Waals surface area contributed by atoms with E-state index < -0.39 is 15.8 Å². The van der Waals surface area contributed by atoms with Crippen LogP contribution in [-0.4, -0.2) is 63.1 Å². The standard InChI is InChI=1S/C20H23FN2O4S2/c1-22(14-15-4-3-5-16(21)12-15)29(25,26)17-6-7-19(28-2)18(13-17)20(24)23-8-10-27-11-9-23/h3-7,12-13H,8-11,14H2,1-2H3. The van der Waals surface area contributed by atoms with Crippen molar-refractivity contribution in [1.82, 2.24) is 9.21 Å². The fraction of sp³-hybridized carbons (Fsp3) is 0.350. The van der Waals surface area contributed by atoms with Crippen LogP contribution >= 0.6 is 11.8 Å². The predicted octanol–water partition coefficient (Wildman–Crippen LogP) is 2.84. The molecule has 0 radical (unpaired) electrons. The summed E-state index contributed by atoms with van der Waals surface area (Å²) in [6.45, 7) is 1.91. The summed E-state index contributed by atoms with van der Waals surface area (Å²) in [4.78, 5) is 15.4. The summed E-state index contributed by atoms with van der Waals surface area (Å²) in [7, 11) is -2.42. The van der Waals surface area contributed by atoms with Crippen LogP contribution in [0.25, 0.3) is 0 Å². The number of rotatable bonds is 6. The molecule has 1 aliphatic heterocycles. The Hall–Kier alpha value is -1.94. The van der Waals surface area contributed by atoms with Gasteiger partial charge < -0.3 is 9.64 Å². The maximum Gasteiger partial charge on any atom is 0.255 e. The van der Waals surface area contributed by atoms with Crippen molar-refractivity contribution in [3.05, 3.63) is 59.4 Å². The highest BCUT2D eigenvalue weighted by atomic mass is 32.2. The van der Waals surface area contributed by atoms with E-state index in [4.69, 9.17) is 4.74 Å². The number of nitrogens with zero attached hydrogens (tertiary/aromatic N) is 2. The number of thioether (sulfide) groups is 1. The van der Waals surface area contributed by atoms with Gasteiger partial charge in [-0.3, -0.25) is 4.79 Å². The van der Waals surface area contributed by atoms with Crippen LogP contribution in [0.2, 0.25) is 0 Å². The van der Waals surface area contributed by atoms with Crippen LogP contribution in [0.5, 0.6) is 0 Å². The second-order valence-electron chi connectivity index (χ2n) is 6.66. The smallest absolute Gasteiger partial charge is 0.255 e. The van der Waals surface area contributed by atoms with E-state index >= 15 is 0 Å². The van der Waals surface area contributed by atoms with Crippen molar-refractivity contribution in [3.63, 3.8) is 0 Å². The first-order valence-corrected chi connectivity index (χ1v) is 11.8. The summed E-state index contributed by atoms with van der Waals surface area (Å²) < 4.78 is 46.0. The Morgan fingerprint density at radius 1 is 1.21 bits per heavy atom. The van der Waals surface area contributed by atoms with E-state index in [1.807, 2.05) is 6.26 Å². The van der Waals surface area contributed by atoms with Crippen molar-refractivity contribution in [2.24, 2.45) is 0 Å². The summed E-state index contributed by atoms with van der Waals surface area (Å²) >= 11 is 1.39. The van der Waals surface area contributed by atoms with E-state index in [0.717, 1.165) is 4.31 Å². The summed E-state index contributed by atoms with van der Waals surface area (Å²) in [5, 5.41) is 0. The van der Waals surface area contributed by atoms with E-state index in [1.165, 1.54) is 49.1 Å². The van der Waals surface area contributed by atoms with E-state index in [-0.39, 0.29) is 17.3 Å². The molecule has 2 aromatic rings. The topological polar surface area (TPSA) is 66.9 Å². The fourth-order valence-corrected chi connectivity index (χ4v) is 4.86. The van der Waals surface area contributed by atoms with E-state index in [9.17, 15) is 17.6 Å². The van der Waals surface area contributed by atoms with E-state index in [2.05, 4.69) is 0 Å². The number of sulfonamides is 1. The van der Waals surface area contributed by atoms with Crippen LogP contribution in [0.3, 0.4) is 0 Å². The summed E-state index contributed by atoms with van der Waals surface area (Å²) in [5.41, 5.74) is 0.904.